The summed E-state index contributed by atoms with van der Waals surface area (Å²) >= 11 is 0. The van der Waals surface area contributed by atoms with Crippen LogP contribution < -0.4 is 5.32 Å². The first-order valence-corrected chi connectivity index (χ1v) is 4.54. The molecule has 0 spiro atoms. The molecule has 5 nitrogen and oxygen atoms in total. The summed E-state index contributed by atoms with van der Waals surface area (Å²) in [5.41, 5.74) is 0. The van der Waals surface area contributed by atoms with E-state index in [9.17, 15) is 9.59 Å². The van der Waals surface area contributed by atoms with E-state index in [0.717, 1.165) is 0 Å². The van der Waals surface area contributed by atoms with Gasteiger partial charge in [0, 0.05) is 6.04 Å². The van der Waals surface area contributed by atoms with Crippen molar-refractivity contribution in [3.8, 4) is 0 Å². The van der Waals surface area contributed by atoms with Gasteiger partial charge in [-0.05, 0) is 13.8 Å². The van der Waals surface area contributed by atoms with Crippen molar-refractivity contribution in [3.63, 3.8) is 0 Å². The van der Waals surface area contributed by atoms with Crippen LogP contribution in [0.15, 0.2) is 0 Å². The molecular formula is C9H17NO4. The molecule has 0 aromatic rings. The molecule has 0 aromatic carbocycles. The second-order valence-corrected chi connectivity index (χ2v) is 3.46. The molecule has 0 radical (unpaired) electrons. The van der Waals surface area contributed by atoms with Crippen LogP contribution in [0.25, 0.3) is 0 Å². The Morgan fingerprint density at radius 1 is 1.21 bits per heavy atom. The highest BCUT2D eigenvalue weighted by molar-refractivity contribution is 5.80. The first kappa shape index (κ1) is 12.9. The lowest BCUT2D eigenvalue weighted by Gasteiger charge is -2.17. The molecular weight excluding hydrogens is 186 g/mol. The molecule has 0 saturated carbocycles. The molecule has 0 rings (SSSR count). The highest BCUT2D eigenvalue weighted by Gasteiger charge is 2.21. The number of carboxylic acid groups (broad SMARTS) is 1. The summed E-state index contributed by atoms with van der Waals surface area (Å²) in [6.45, 7) is 6.74. The summed E-state index contributed by atoms with van der Waals surface area (Å²) < 4.78 is 4.67. The zero-order valence-electron chi connectivity index (χ0n) is 8.90. The SMILES string of the molecule is CC(C)N[C@H](C)C(=O)O[C@H](C)C(=O)O. The first-order valence-electron chi connectivity index (χ1n) is 4.54. The average Bonchev–Trinajstić information content (AvgIpc) is 2.02. The van der Waals surface area contributed by atoms with Gasteiger partial charge in [-0.15, -0.1) is 0 Å². The Morgan fingerprint density at radius 2 is 1.71 bits per heavy atom. The third kappa shape index (κ3) is 4.81. The van der Waals surface area contributed by atoms with Gasteiger partial charge in [-0.1, -0.05) is 13.8 Å². The van der Waals surface area contributed by atoms with E-state index in [1.54, 1.807) is 6.92 Å². The van der Waals surface area contributed by atoms with Gasteiger partial charge in [0.1, 0.15) is 6.04 Å². The van der Waals surface area contributed by atoms with E-state index in [1.807, 2.05) is 13.8 Å². The lowest BCUT2D eigenvalue weighted by Crippen LogP contribution is -2.41. The number of ether oxygens (including phenoxy) is 1. The standard InChI is InChI=1S/C9H17NO4/c1-5(2)10-6(3)9(13)14-7(4)8(11)12/h5-7,10H,1-4H3,(H,11,12)/t6-,7-/m1/s1. The predicted molar refractivity (Wildman–Crippen MR) is 50.9 cm³/mol. The van der Waals surface area contributed by atoms with Crippen molar-refractivity contribution < 1.29 is 19.4 Å². The van der Waals surface area contributed by atoms with Crippen LogP contribution >= 0.6 is 0 Å². The first-order chi connectivity index (χ1) is 6.34. The molecule has 0 bridgehead atoms. The van der Waals surface area contributed by atoms with Gasteiger partial charge >= 0.3 is 11.9 Å². The molecule has 0 amide bonds. The molecule has 2 N–H and O–H groups in total. The van der Waals surface area contributed by atoms with Gasteiger partial charge < -0.3 is 15.2 Å². The largest absolute Gasteiger partial charge is 0.479 e. The number of carbonyl (C=O) groups excluding carboxylic acids is 1. The minimum absolute atomic E-state index is 0.151. The summed E-state index contributed by atoms with van der Waals surface area (Å²) in [5.74, 6) is -1.69. The Bertz CT molecular complexity index is 215. The summed E-state index contributed by atoms with van der Waals surface area (Å²) in [5, 5.41) is 11.4. The maximum absolute atomic E-state index is 11.2. The van der Waals surface area contributed by atoms with Crippen LogP contribution in [0.3, 0.4) is 0 Å². The Kier molecular flexibility index (Phi) is 5.15. The van der Waals surface area contributed by atoms with Crippen molar-refractivity contribution in [1.82, 2.24) is 5.32 Å². The third-order valence-corrected chi connectivity index (χ3v) is 1.58. The molecule has 0 aliphatic carbocycles. The summed E-state index contributed by atoms with van der Waals surface area (Å²) in [4.78, 5) is 21.6. The van der Waals surface area contributed by atoms with Gasteiger partial charge in [0.25, 0.3) is 0 Å². The fourth-order valence-electron chi connectivity index (χ4n) is 0.895. The van der Waals surface area contributed by atoms with Crippen molar-refractivity contribution in [3.05, 3.63) is 0 Å². The maximum atomic E-state index is 11.2. The molecule has 0 saturated heterocycles. The zero-order valence-corrected chi connectivity index (χ0v) is 8.90. The lowest BCUT2D eigenvalue weighted by atomic mass is 10.3. The Morgan fingerprint density at radius 3 is 2.07 bits per heavy atom. The molecule has 0 aliphatic heterocycles. The molecule has 14 heavy (non-hydrogen) atoms. The van der Waals surface area contributed by atoms with Crippen molar-refractivity contribution in [2.75, 3.05) is 0 Å². The van der Waals surface area contributed by atoms with Crippen LogP contribution in [0.4, 0.5) is 0 Å². The smallest absolute Gasteiger partial charge is 0.344 e. The monoisotopic (exact) mass is 203 g/mol. The highest BCUT2D eigenvalue weighted by atomic mass is 16.6. The number of carboxylic acids is 1. The summed E-state index contributed by atoms with van der Waals surface area (Å²) in [6, 6.07) is -0.338. The third-order valence-electron chi connectivity index (χ3n) is 1.58. The quantitative estimate of drug-likeness (QED) is 0.632. The van der Waals surface area contributed by atoms with E-state index in [-0.39, 0.29) is 6.04 Å². The number of hydrogen-bond acceptors (Lipinski definition) is 4. The van der Waals surface area contributed by atoms with E-state index in [4.69, 9.17) is 5.11 Å². The number of aliphatic carboxylic acids is 1. The van der Waals surface area contributed by atoms with Crippen LogP contribution in [-0.4, -0.2) is 35.2 Å². The van der Waals surface area contributed by atoms with E-state index in [0.29, 0.717) is 0 Å². The summed E-state index contributed by atoms with van der Waals surface area (Å²) in [6.07, 6.45) is -1.10. The minimum Gasteiger partial charge on any atom is -0.479 e. The lowest BCUT2D eigenvalue weighted by molar-refractivity contribution is -0.163. The molecule has 0 heterocycles. The van der Waals surface area contributed by atoms with Gasteiger partial charge in [0.05, 0.1) is 0 Å². The van der Waals surface area contributed by atoms with Gasteiger partial charge in [-0.25, -0.2) is 4.79 Å². The number of hydrogen-bond donors (Lipinski definition) is 2. The Labute approximate surface area is 83.4 Å². The molecule has 0 fully saturated rings. The van der Waals surface area contributed by atoms with E-state index >= 15 is 0 Å². The van der Waals surface area contributed by atoms with Gasteiger partial charge in [0.15, 0.2) is 6.10 Å². The van der Waals surface area contributed by atoms with Crippen molar-refractivity contribution >= 4 is 11.9 Å². The summed E-state index contributed by atoms with van der Waals surface area (Å²) in [7, 11) is 0. The zero-order chi connectivity index (χ0) is 11.3. The number of nitrogens with one attached hydrogen (secondary N) is 1. The average molecular weight is 203 g/mol. The van der Waals surface area contributed by atoms with Crippen molar-refractivity contribution in [2.45, 2.75) is 45.9 Å². The van der Waals surface area contributed by atoms with E-state index in [1.165, 1.54) is 6.92 Å². The van der Waals surface area contributed by atoms with Gasteiger partial charge in [0.2, 0.25) is 0 Å². The normalized spacial score (nSPS) is 14.9. The minimum atomic E-state index is -1.14. The second-order valence-electron chi connectivity index (χ2n) is 3.46. The molecule has 82 valence electrons. The van der Waals surface area contributed by atoms with Gasteiger partial charge in [-0.3, -0.25) is 4.79 Å². The number of carbonyl (C=O) groups is 2. The molecule has 5 heteroatoms. The molecule has 0 aromatic heterocycles. The molecule has 0 unspecified atom stereocenters. The highest BCUT2D eigenvalue weighted by Crippen LogP contribution is 1.96. The predicted octanol–water partition coefficient (Wildman–Crippen LogP) is 0.389. The molecule has 2 atom stereocenters. The van der Waals surface area contributed by atoms with Crippen LogP contribution in [0, 0.1) is 0 Å². The van der Waals surface area contributed by atoms with Crippen molar-refractivity contribution in [1.29, 1.82) is 0 Å². The fraction of sp³-hybridized carbons (Fsp3) is 0.778. The topological polar surface area (TPSA) is 75.6 Å². The van der Waals surface area contributed by atoms with E-state index in [2.05, 4.69) is 10.1 Å². The van der Waals surface area contributed by atoms with Crippen LogP contribution in [0.5, 0.6) is 0 Å². The van der Waals surface area contributed by atoms with Crippen LogP contribution in [0.1, 0.15) is 27.7 Å². The Balaban J connectivity index is 4.01. The molecule has 0 aliphatic rings. The van der Waals surface area contributed by atoms with Crippen LogP contribution in [0.2, 0.25) is 0 Å². The van der Waals surface area contributed by atoms with E-state index < -0.39 is 24.1 Å². The number of esters is 1. The second kappa shape index (κ2) is 5.59. The van der Waals surface area contributed by atoms with Crippen molar-refractivity contribution in [2.24, 2.45) is 0 Å². The Hall–Kier alpha value is -1.10. The fourth-order valence-corrected chi connectivity index (χ4v) is 0.895. The van der Waals surface area contributed by atoms with Crippen LogP contribution in [-0.2, 0) is 14.3 Å². The number of rotatable bonds is 5. The van der Waals surface area contributed by atoms with Gasteiger partial charge in [-0.2, -0.15) is 0 Å². The maximum Gasteiger partial charge on any atom is 0.344 e.